The zero-order valence-electron chi connectivity index (χ0n) is 20.0. The average Bonchev–Trinajstić information content (AvgIpc) is 2.84. The number of aryl methyl sites for hydroxylation is 1. The van der Waals surface area contributed by atoms with Crippen LogP contribution in [0.4, 0.5) is 0 Å². The highest BCUT2D eigenvalue weighted by Gasteiger charge is 2.32. The smallest absolute Gasteiger partial charge is 0.243 e. The zero-order chi connectivity index (χ0) is 23.8. The fraction of sp³-hybridized carbons (Fsp3) is 0.500. The molecular formula is C26H37N3O3S. The van der Waals surface area contributed by atoms with E-state index in [1.807, 2.05) is 37.3 Å². The van der Waals surface area contributed by atoms with Gasteiger partial charge in [0.05, 0.1) is 4.90 Å². The summed E-state index contributed by atoms with van der Waals surface area (Å²) in [5.74, 6) is -0.115. The van der Waals surface area contributed by atoms with E-state index in [2.05, 4.69) is 36.2 Å². The van der Waals surface area contributed by atoms with Crippen molar-refractivity contribution >= 4 is 15.9 Å². The maximum absolute atomic E-state index is 12.9. The molecule has 1 heterocycles. The number of nitrogens with one attached hydrogen (secondary N) is 1. The van der Waals surface area contributed by atoms with Gasteiger partial charge in [-0.3, -0.25) is 9.69 Å². The maximum atomic E-state index is 12.9. The molecule has 1 aliphatic rings. The first-order chi connectivity index (χ1) is 15.8. The van der Waals surface area contributed by atoms with Gasteiger partial charge in [-0.15, -0.1) is 0 Å². The molecule has 1 amide bonds. The standard InChI is InChI=1S/C26H37N3O3S/c1-4-28(5-2)24(19-22-9-7-6-8-10-22)20-27-26(30)23-15-17-29(18-16-23)33(31,32)25-13-11-21(3)12-14-25/h6-14,23-24H,4-5,15-20H2,1-3H3,(H,27,30)/t24-/m1/s1. The Morgan fingerprint density at radius 1 is 1.03 bits per heavy atom. The van der Waals surface area contributed by atoms with Gasteiger partial charge in [-0.1, -0.05) is 61.9 Å². The van der Waals surface area contributed by atoms with E-state index in [0.717, 1.165) is 25.1 Å². The number of benzene rings is 2. The Balaban J connectivity index is 1.55. The summed E-state index contributed by atoms with van der Waals surface area (Å²) in [5, 5.41) is 3.16. The van der Waals surface area contributed by atoms with Crippen molar-refractivity contribution in [2.75, 3.05) is 32.7 Å². The molecule has 0 saturated carbocycles. The quantitative estimate of drug-likeness (QED) is 0.576. The normalized spacial score (nSPS) is 16.6. The molecule has 33 heavy (non-hydrogen) atoms. The Morgan fingerprint density at radius 3 is 2.21 bits per heavy atom. The number of likely N-dealkylation sites (N-methyl/N-ethyl adjacent to an activating group) is 1. The van der Waals surface area contributed by atoms with E-state index in [-0.39, 0.29) is 17.9 Å². The summed E-state index contributed by atoms with van der Waals surface area (Å²) in [4.78, 5) is 15.6. The minimum absolute atomic E-state index is 0.0348. The van der Waals surface area contributed by atoms with E-state index >= 15 is 0 Å². The van der Waals surface area contributed by atoms with Crippen LogP contribution in [0.2, 0.25) is 0 Å². The number of carbonyl (C=O) groups excluding carboxylic acids is 1. The molecule has 0 unspecified atom stereocenters. The van der Waals surface area contributed by atoms with Crippen molar-refractivity contribution in [2.24, 2.45) is 5.92 Å². The van der Waals surface area contributed by atoms with Crippen LogP contribution in [0.15, 0.2) is 59.5 Å². The number of sulfonamides is 1. The molecule has 1 N–H and O–H groups in total. The summed E-state index contributed by atoms with van der Waals surface area (Å²) < 4.78 is 27.4. The highest BCUT2D eigenvalue weighted by Crippen LogP contribution is 2.24. The Bertz CT molecular complexity index is 981. The van der Waals surface area contributed by atoms with Crippen molar-refractivity contribution in [1.82, 2.24) is 14.5 Å². The van der Waals surface area contributed by atoms with E-state index < -0.39 is 10.0 Å². The second-order valence-electron chi connectivity index (χ2n) is 8.80. The highest BCUT2D eigenvalue weighted by molar-refractivity contribution is 7.89. The number of hydrogen-bond donors (Lipinski definition) is 1. The number of hydrogen-bond acceptors (Lipinski definition) is 4. The van der Waals surface area contributed by atoms with Crippen LogP contribution < -0.4 is 5.32 Å². The molecule has 1 atom stereocenters. The largest absolute Gasteiger partial charge is 0.354 e. The predicted molar refractivity (Wildman–Crippen MR) is 133 cm³/mol. The van der Waals surface area contributed by atoms with Gasteiger partial charge < -0.3 is 5.32 Å². The molecule has 7 heteroatoms. The van der Waals surface area contributed by atoms with E-state index in [9.17, 15) is 13.2 Å². The molecule has 1 fully saturated rings. The van der Waals surface area contributed by atoms with E-state index in [1.54, 1.807) is 12.1 Å². The van der Waals surface area contributed by atoms with Crippen LogP contribution in [0.3, 0.4) is 0 Å². The van der Waals surface area contributed by atoms with Gasteiger partial charge in [0, 0.05) is 31.6 Å². The predicted octanol–water partition coefficient (Wildman–Crippen LogP) is 3.47. The third-order valence-corrected chi connectivity index (χ3v) is 8.55. The van der Waals surface area contributed by atoms with E-state index in [0.29, 0.717) is 37.4 Å². The van der Waals surface area contributed by atoms with Crippen LogP contribution in [0.1, 0.15) is 37.8 Å². The van der Waals surface area contributed by atoms with Crippen molar-refractivity contribution in [2.45, 2.75) is 51.0 Å². The molecular weight excluding hydrogens is 434 g/mol. The number of carbonyl (C=O) groups is 1. The Kier molecular flexibility index (Phi) is 9.06. The summed E-state index contributed by atoms with van der Waals surface area (Å²) in [6.07, 6.45) is 1.98. The van der Waals surface area contributed by atoms with Crippen LogP contribution in [-0.2, 0) is 21.2 Å². The third kappa shape index (κ3) is 6.65. The topological polar surface area (TPSA) is 69.7 Å². The molecule has 3 rings (SSSR count). The van der Waals surface area contributed by atoms with Crippen molar-refractivity contribution in [3.63, 3.8) is 0 Å². The lowest BCUT2D eigenvalue weighted by molar-refractivity contribution is -0.126. The molecule has 180 valence electrons. The highest BCUT2D eigenvalue weighted by atomic mass is 32.2. The molecule has 1 aliphatic heterocycles. The third-order valence-electron chi connectivity index (χ3n) is 6.64. The second-order valence-corrected chi connectivity index (χ2v) is 10.7. The molecule has 1 saturated heterocycles. The van der Waals surface area contributed by atoms with Gasteiger partial charge in [-0.25, -0.2) is 8.42 Å². The number of piperidine rings is 1. The van der Waals surface area contributed by atoms with Crippen LogP contribution in [0.5, 0.6) is 0 Å². The number of amides is 1. The summed E-state index contributed by atoms with van der Waals surface area (Å²) >= 11 is 0. The maximum Gasteiger partial charge on any atom is 0.243 e. The first-order valence-corrected chi connectivity index (χ1v) is 13.4. The molecule has 0 aromatic heterocycles. The van der Waals surface area contributed by atoms with Gasteiger partial charge in [-0.05, 0) is 57.0 Å². The molecule has 6 nitrogen and oxygen atoms in total. The van der Waals surface area contributed by atoms with Gasteiger partial charge in [0.1, 0.15) is 0 Å². The van der Waals surface area contributed by atoms with Crippen molar-refractivity contribution in [3.05, 3.63) is 65.7 Å². The first-order valence-electron chi connectivity index (χ1n) is 12.0. The van der Waals surface area contributed by atoms with Crippen LogP contribution >= 0.6 is 0 Å². The van der Waals surface area contributed by atoms with Crippen molar-refractivity contribution in [1.29, 1.82) is 0 Å². The monoisotopic (exact) mass is 471 g/mol. The van der Waals surface area contributed by atoms with Gasteiger partial charge in [0.25, 0.3) is 0 Å². The van der Waals surface area contributed by atoms with Gasteiger partial charge in [-0.2, -0.15) is 4.31 Å². The Morgan fingerprint density at radius 2 is 1.64 bits per heavy atom. The summed E-state index contributed by atoms with van der Waals surface area (Å²) in [6, 6.07) is 17.5. The summed E-state index contributed by atoms with van der Waals surface area (Å²) in [7, 11) is -3.51. The molecule has 2 aromatic rings. The fourth-order valence-corrected chi connectivity index (χ4v) is 6.01. The van der Waals surface area contributed by atoms with Gasteiger partial charge in [0.2, 0.25) is 15.9 Å². The minimum Gasteiger partial charge on any atom is -0.354 e. The SMILES string of the molecule is CCN(CC)[C@@H](CNC(=O)C1CCN(S(=O)(=O)c2ccc(C)cc2)CC1)Cc1ccccc1. The zero-order valence-corrected chi connectivity index (χ0v) is 20.9. The Hall–Kier alpha value is -2.22. The van der Waals surface area contributed by atoms with Crippen LogP contribution in [0.25, 0.3) is 0 Å². The summed E-state index contributed by atoms with van der Waals surface area (Å²) in [5.41, 5.74) is 2.29. The van der Waals surface area contributed by atoms with Crippen molar-refractivity contribution in [3.8, 4) is 0 Å². The lowest BCUT2D eigenvalue weighted by Gasteiger charge is -2.33. The fourth-order valence-electron chi connectivity index (χ4n) is 4.54. The molecule has 0 aliphatic carbocycles. The molecule has 0 bridgehead atoms. The lowest BCUT2D eigenvalue weighted by Crippen LogP contribution is -2.48. The summed E-state index contributed by atoms with van der Waals surface area (Å²) in [6.45, 7) is 9.43. The molecule has 2 aromatic carbocycles. The number of rotatable bonds is 10. The molecule has 0 radical (unpaired) electrons. The van der Waals surface area contributed by atoms with E-state index in [1.165, 1.54) is 9.87 Å². The first kappa shape index (κ1) is 25.4. The molecule has 0 spiro atoms. The minimum atomic E-state index is -3.51. The lowest BCUT2D eigenvalue weighted by atomic mass is 9.97. The van der Waals surface area contributed by atoms with Gasteiger partial charge >= 0.3 is 0 Å². The Labute approximate surface area is 199 Å². The van der Waals surface area contributed by atoms with Crippen molar-refractivity contribution < 1.29 is 13.2 Å². The van der Waals surface area contributed by atoms with Gasteiger partial charge in [0.15, 0.2) is 0 Å². The van der Waals surface area contributed by atoms with Crippen LogP contribution in [-0.4, -0.2) is 62.3 Å². The second kappa shape index (κ2) is 11.8. The van der Waals surface area contributed by atoms with Crippen LogP contribution in [0, 0.1) is 12.8 Å². The van der Waals surface area contributed by atoms with E-state index in [4.69, 9.17) is 0 Å². The average molecular weight is 472 g/mol. The number of nitrogens with zero attached hydrogens (tertiary/aromatic N) is 2.